The van der Waals surface area contributed by atoms with E-state index in [0.29, 0.717) is 9.85 Å². The molecule has 1 aromatic carbocycles. The van der Waals surface area contributed by atoms with E-state index in [9.17, 15) is 4.39 Å². The van der Waals surface area contributed by atoms with Gasteiger partial charge in [-0.3, -0.25) is 0 Å². The van der Waals surface area contributed by atoms with Gasteiger partial charge in [-0.05, 0) is 43.4 Å². The minimum absolute atomic E-state index is 0.268. The highest BCUT2D eigenvalue weighted by atomic mass is 79.9. The SMILES string of the molecule is CCC(Br)CCCc1ccc(F)cc1Cl. The average Bonchev–Trinajstić information content (AvgIpc) is 2.21. The lowest BCUT2D eigenvalue weighted by Crippen LogP contribution is -1.97. The van der Waals surface area contributed by atoms with Crippen molar-refractivity contribution < 1.29 is 4.39 Å². The maximum atomic E-state index is 12.8. The molecule has 0 aliphatic rings. The van der Waals surface area contributed by atoms with E-state index >= 15 is 0 Å². The van der Waals surface area contributed by atoms with Crippen molar-refractivity contribution in [3.8, 4) is 0 Å². The van der Waals surface area contributed by atoms with E-state index in [2.05, 4.69) is 22.9 Å². The molecule has 0 N–H and O–H groups in total. The zero-order valence-corrected chi connectivity index (χ0v) is 11.1. The van der Waals surface area contributed by atoms with E-state index in [1.807, 2.05) is 0 Å². The molecule has 0 aliphatic heterocycles. The van der Waals surface area contributed by atoms with Crippen molar-refractivity contribution in [3.05, 3.63) is 34.6 Å². The first-order chi connectivity index (χ1) is 7.13. The molecule has 0 fully saturated rings. The highest BCUT2D eigenvalue weighted by Gasteiger charge is 2.04. The van der Waals surface area contributed by atoms with Crippen LogP contribution in [0.3, 0.4) is 0 Å². The molecule has 0 aromatic heterocycles. The summed E-state index contributed by atoms with van der Waals surface area (Å²) in [5.41, 5.74) is 1.04. The van der Waals surface area contributed by atoms with E-state index < -0.39 is 0 Å². The highest BCUT2D eigenvalue weighted by Crippen LogP contribution is 2.21. The maximum Gasteiger partial charge on any atom is 0.124 e. The molecule has 1 atom stereocenters. The van der Waals surface area contributed by atoms with Crippen LogP contribution in [0.25, 0.3) is 0 Å². The van der Waals surface area contributed by atoms with Crippen LogP contribution in [0.1, 0.15) is 31.7 Å². The van der Waals surface area contributed by atoms with Gasteiger partial charge in [0, 0.05) is 9.85 Å². The lowest BCUT2D eigenvalue weighted by molar-refractivity contribution is 0.626. The van der Waals surface area contributed by atoms with Crippen molar-refractivity contribution in [1.82, 2.24) is 0 Å². The zero-order valence-electron chi connectivity index (χ0n) is 8.77. The number of alkyl halides is 1. The fourth-order valence-electron chi connectivity index (χ4n) is 1.44. The van der Waals surface area contributed by atoms with Crippen LogP contribution in [0.2, 0.25) is 5.02 Å². The fraction of sp³-hybridized carbons (Fsp3) is 0.500. The third kappa shape index (κ3) is 4.52. The van der Waals surface area contributed by atoms with Gasteiger partial charge in [0.15, 0.2) is 0 Å². The van der Waals surface area contributed by atoms with Crippen molar-refractivity contribution in [2.24, 2.45) is 0 Å². The van der Waals surface area contributed by atoms with Crippen LogP contribution in [0.5, 0.6) is 0 Å². The molecule has 0 amide bonds. The van der Waals surface area contributed by atoms with E-state index in [1.165, 1.54) is 12.1 Å². The second kappa shape index (κ2) is 6.49. The van der Waals surface area contributed by atoms with Crippen molar-refractivity contribution in [1.29, 1.82) is 0 Å². The first-order valence-electron chi connectivity index (χ1n) is 5.21. The predicted octanol–water partition coefficient (Wildman–Crippen LogP) is 4.98. The molecule has 0 aliphatic carbocycles. The third-order valence-corrected chi connectivity index (χ3v) is 3.88. The van der Waals surface area contributed by atoms with E-state index in [0.717, 1.165) is 31.2 Å². The Bertz CT molecular complexity index is 314. The molecule has 0 nitrogen and oxygen atoms in total. The summed E-state index contributed by atoms with van der Waals surface area (Å²) in [6.07, 6.45) is 4.26. The number of benzene rings is 1. The molecule has 84 valence electrons. The molecular formula is C12H15BrClF. The zero-order chi connectivity index (χ0) is 11.3. The van der Waals surface area contributed by atoms with Crippen LogP contribution in [0.4, 0.5) is 4.39 Å². The number of halogens is 3. The van der Waals surface area contributed by atoms with Crippen LogP contribution >= 0.6 is 27.5 Å². The van der Waals surface area contributed by atoms with Crippen LogP contribution in [0, 0.1) is 5.82 Å². The second-order valence-corrected chi connectivity index (χ2v) is 5.34. The number of rotatable bonds is 5. The van der Waals surface area contributed by atoms with Gasteiger partial charge in [0.1, 0.15) is 5.82 Å². The molecule has 0 bridgehead atoms. The molecule has 0 saturated carbocycles. The number of hydrogen-bond donors (Lipinski definition) is 0. The van der Waals surface area contributed by atoms with E-state index in [4.69, 9.17) is 11.6 Å². The van der Waals surface area contributed by atoms with E-state index in [-0.39, 0.29) is 5.82 Å². The van der Waals surface area contributed by atoms with Gasteiger partial charge in [0.05, 0.1) is 0 Å². The number of aryl methyl sites for hydroxylation is 1. The molecule has 0 saturated heterocycles. The topological polar surface area (TPSA) is 0 Å². The van der Waals surface area contributed by atoms with Gasteiger partial charge in [-0.25, -0.2) is 4.39 Å². The summed E-state index contributed by atoms with van der Waals surface area (Å²) in [6, 6.07) is 4.61. The van der Waals surface area contributed by atoms with Gasteiger partial charge in [0.25, 0.3) is 0 Å². The van der Waals surface area contributed by atoms with Crippen LogP contribution in [0.15, 0.2) is 18.2 Å². The van der Waals surface area contributed by atoms with E-state index in [1.54, 1.807) is 6.07 Å². The van der Waals surface area contributed by atoms with Crippen LogP contribution in [-0.4, -0.2) is 4.83 Å². The first kappa shape index (κ1) is 13.0. The Labute approximate surface area is 104 Å². The van der Waals surface area contributed by atoms with Crippen molar-refractivity contribution >= 4 is 27.5 Å². The smallest absolute Gasteiger partial charge is 0.124 e. The normalized spacial score (nSPS) is 12.8. The summed E-state index contributed by atoms with van der Waals surface area (Å²) in [5, 5.41) is 0.539. The van der Waals surface area contributed by atoms with Crippen LogP contribution in [-0.2, 0) is 6.42 Å². The monoisotopic (exact) mass is 292 g/mol. The Morgan fingerprint density at radius 3 is 2.80 bits per heavy atom. The molecule has 1 unspecified atom stereocenters. The van der Waals surface area contributed by atoms with Gasteiger partial charge in [-0.15, -0.1) is 0 Å². The fourth-order valence-corrected chi connectivity index (χ4v) is 2.03. The van der Waals surface area contributed by atoms with Crippen molar-refractivity contribution in [2.45, 2.75) is 37.4 Å². The number of hydrogen-bond acceptors (Lipinski definition) is 0. The molecular weight excluding hydrogens is 278 g/mol. The second-order valence-electron chi connectivity index (χ2n) is 3.63. The first-order valence-corrected chi connectivity index (χ1v) is 6.51. The quantitative estimate of drug-likeness (QED) is 0.672. The largest absolute Gasteiger partial charge is 0.207 e. The Kier molecular flexibility index (Phi) is 5.62. The molecule has 15 heavy (non-hydrogen) atoms. The molecule has 0 radical (unpaired) electrons. The summed E-state index contributed by atoms with van der Waals surface area (Å²) in [5.74, 6) is -0.268. The molecule has 0 spiro atoms. The average molecular weight is 294 g/mol. The summed E-state index contributed by atoms with van der Waals surface area (Å²) < 4.78 is 12.8. The molecule has 1 aromatic rings. The van der Waals surface area contributed by atoms with Gasteiger partial charge < -0.3 is 0 Å². The van der Waals surface area contributed by atoms with Crippen LogP contribution < -0.4 is 0 Å². The summed E-state index contributed by atoms with van der Waals surface area (Å²) in [7, 11) is 0. The molecule has 1 rings (SSSR count). The Hall–Kier alpha value is -0.0800. The Morgan fingerprint density at radius 1 is 1.47 bits per heavy atom. The predicted molar refractivity (Wildman–Crippen MR) is 67.4 cm³/mol. The minimum Gasteiger partial charge on any atom is -0.207 e. The van der Waals surface area contributed by atoms with Gasteiger partial charge in [-0.1, -0.05) is 40.5 Å². The van der Waals surface area contributed by atoms with Gasteiger partial charge in [0.2, 0.25) is 0 Å². The Morgan fingerprint density at radius 2 is 2.20 bits per heavy atom. The van der Waals surface area contributed by atoms with Crippen molar-refractivity contribution in [3.63, 3.8) is 0 Å². The maximum absolute atomic E-state index is 12.8. The summed E-state index contributed by atoms with van der Waals surface area (Å²) in [6.45, 7) is 2.16. The standard InChI is InChI=1S/C12H15BrClF/c1-2-10(13)5-3-4-9-6-7-11(15)8-12(9)14/h6-8,10H,2-5H2,1H3. The molecule has 0 heterocycles. The highest BCUT2D eigenvalue weighted by molar-refractivity contribution is 9.09. The minimum atomic E-state index is -0.268. The lowest BCUT2D eigenvalue weighted by atomic mass is 10.1. The summed E-state index contributed by atoms with van der Waals surface area (Å²) in [4.78, 5) is 0.580. The third-order valence-electron chi connectivity index (χ3n) is 2.42. The van der Waals surface area contributed by atoms with Gasteiger partial charge in [-0.2, -0.15) is 0 Å². The van der Waals surface area contributed by atoms with Crippen molar-refractivity contribution in [2.75, 3.05) is 0 Å². The molecule has 3 heteroatoms. The lowest BCUT2D eigenvalue weighted by Gasteiger charge is -2.07. The summed E-state index contributed by atoms with van der Waals surface area (Å²) >= 11 is 9.51. The Balaban J connectivity index is 2.44. The van der Waals surface area contributed by atoms with Gasteiger partial charge >= 0.3 is 0 Å².